The van der Waals surface area contributed by atoms with Crippen LogP contribution in [0.5, 0.6) is 5.75 Å². The van der Waals surface area contributed by atoms with Crippen molar-refractivity contribution in [1.82, 2.24) is 10.3 Å². The molecule has 22 heavy (non-hydrogen) atoms. The molecule has 3 N–H and O–H groups in total. The molecule has 0 unspecified atom stereocenters. The largest absolute Gasteiger partial charge is 0.488 e. The number of carbonyl (C=O) groups excluding carboxylic acids is 1. The van der Waals surface area contributed by atoms with Gasteiger partial charge in [0.2, 0.25) is 0 Å². The second-order valence-electron chi connectivity index (χ2n) is 5.98. The Bertz CT molecular complexity index is 663. The van der Waals surface area contributed by atoms with Gasteiger partial charge in [-0.1, -0.05) is 12.1 Å². The molecule has 1 amide bonds. The van der Waals surface area contributed by atoms with Crippen LogP contribution in [0.25, 0.3) is 0 Å². The van der Waals surface area contributed by atoms with E-state index in [1.165, 1.54) is 0 Å². The highest BCUT2D eigenvalue weighted by molar-refractivity contribution is 5.98. The third-order valence-corrected chi connectivity index (χ3v) is 2.86. The number of benzene rings is 1. The van der Waals surface area contributed by atoms with Gasteiger partial charge in [-0.25, -0.2) is 4.98 Å². The minimum absolute atomic E-state index is 0.227. The fraction of sp³-hybridized carbons (Fsp3) is 0.294. The molecule has 2 rings (SSSR count). The van der Waals surface area contributed by atoms with Gasteiger partial charge in [-0.05, 0) is 50.6 Å². The number of rotatable bonds is 4. The molecule has 1 aromatic heterocycles. The quantitative estimate of drug-likeness (QED) is 0.910. The Morgan fingerprint density at radius 3 is 2.73 bits per heavy atom. The molecule has 5 nitrogen and oxygen atoms in total. The second kappa shape index (κ2) is 6.47. The van der Waals surface area contributed by atoms with E-state index in [1.54, 1.807) is 18.3 Å². The number of nitrogen functional groups attached to an aromatic ring is 1. The summed E-state index contributed by atoms with van der Waals surface area (Å²) in [5, 5.41) is 2.83. The zero-order chi connectivity index (χ0) is 16.2. The van der Waals surface area contributed by atoms with E-state index in [1.807, 2.05) is 45.0 Å². The summed E-state index contributed by atoms with van der Waals surface area (Å²) in [5.41, 5.74) is 6.77. The van der Waals surface area contributed by atoms with Crippen LogP contribution in [0.4, 0.5) is 5.82 Å². The summed E-state index contributed by atoms with van der Waals surface area (Å²) >= 11 is 0. The van der Waals surface area contributed by atoms with E-state index in [9.17, 15) is 4.79 Å². The lowest BCUT2D eigenvalue weighted by molar-refractivity contribution is 0.0951. The van der Waals surface area contributed by atoms with Crippen LogP contribution in [0.1, 0.15) is 36.7 Å². The van der Waals surface area contributed by atoms with Crippen LogP contribution in [0.15, 0.2) is 42.6 Å². The topological polar surface area (TPSA) is 77.2 Å². The molecule has 2 aromatic rings. The van der Waals surface area contributed by atoms with E-state index in [0.717, 1.165) is 11.3 Å². The number of nitrogens with zero attached hydrogens (tertiary/aromatic N) is 1. The summed E-state index contributed by atoms with van der Waals surface area (Å²) < 4.78 is 5.81. The molecule has 0 spiro atoms. The maximum Gasteiger partial charge on any atom is 0.255 e. The van der Waals surface area contributed by atoms with Gasteiger partial charge in [0.25, 0.3) is 5.91 Å². The molecule has 5 heteroatoms. The fourth-order valence-electron chi connectivity index (χ4n) is 1.96. The second-order valence-corrected chi connectivity index (χ2v) is 5.98. The van der Waals surface area contributed by atoms with Gasteiger partial charge >= 0.3 is 0 Å². The lowest BCUT2D eigenvalue weighted by Crippen LogP contribution is -2.25. The molecule has 0 fully saturated rings. The summed E-state index contributed by atoms with van der Waals surface area (Å²) in [7, 11) is 0. The zero-order valence-electron chi connectivity index (χ0n) is 13.1. The van der Waals surface area contributed by atoms with E-state index in [0.29, 0.717) is 12.1 Å². The number of hydrogen-bond donors (Lipinski definition) is 2. The van der Waals surface area contributed by atoms with Gasteiger partial charge < -0.3 is 15.8 Å². The lowest BCUT2D eigenvalue weighted by atomic mass is 10.1. The van der Waals surface area contributed by atoms with E-state index in [-0.39, 0.29) is 17.3 Å². The Morgan fingerprint density at radius 1 is 1.27 bits per heavy atom. The van der Waals surface area contributed by atoms with Crippen LogP contribution in [0.2, 0.25) is 0 Å². The maximum atomic E-state index is 12.1. The summed E-state index contributed by atoms with van der Waals surface area (Å²) in [5.74, 6) is 0.762. The third kappa shape index (κ3) is 4.48. The van der Waals surface area contributed by atoms with Gasteiger partial charge in [0.15, 0.2) is 0 Å². The van der Waals surface area contributed by atoms with E-state index in [2.05, 4.69) is 10.3 Å². The molecule has 0 atom stereocenters. The van der Waals surface area contributed by atoms with Gasteiger partial charge in [0, 0.05) is 12.7 Å². The number of aromatic nitrogens is 1. The monoisotopic (exact) mass is 299 g/mol. The molecule has 0 bridgehead atoms. The minimum Gasteiger partial charge on any atom is -0.488 e. The minimum atomic E-state index is -0.258. The van der Waals surface area contributed by atoms with Crippen molar-refractivity contribution in [2.45, 2.75) is 32.9 Å². The SMILES string of the molecule is CC(C)(C)Oc1cccc(CNC(=O)c2cccnc2N)c1. The number of nitrogens with two attached hydrogens (primary N) is 1. The standard InChI is InChI=1S/C17H21N3O2/c1-17(2,3)22-13-7-4-6-12(10-13)11-20-16(21)14-8-5-9-19-15(14)18/h4-10H,11H2,1-3H3,(H2,18,19)(H,20,21). The summed E-state index contributed by atoms with van der Waals surface area (Å²) in [6.07, 6.45) is 1.55. The van der Waals surface area contributed by atoms with Crippen molar-refractivity contribution in [3.8, 4) is 5.75 Å². The number of amides is 1. The Kier molecular flexibility index (Phi) is 4.65. The van der Waals surface area contributed by atoms with Gasteiger partial charge in [0.1, 0.15) is 17.2 Å². The Morgan fingerprint density at radius 2 is 2.05 bits per heavy atom. The van der Waals surface area contributed by atoms with Crippen molar-refractivity contribution < 1.29 is 9.53 Å². The molecule has 0 aliphatic heterocycles. The van der Waals surface area contributed by atoms with Crippen molar-refractivity contribution in [2.75, 3.05) is 5.73 Å². The van der Waals surface area contributed by atoms with Gasteiger partial charge in [-0.3, -0.25) is 4.79 Å². The first-order valence-electron chi connectivity index (χ1n) is 7.12. The van der Waals surface area contributed by atoms with Crippen molar-refractivity contribution in [3.63, 3.8) is 0 Å². The summed E-state index contributed by atoms with van der Waals surface area (Å²) in [6.45, 7) is 6.38. The maximum absolute atomic E-state index is 12.1. The lowest BCUT2D eigenvalue weighted by Gasteiger charge is -2.21. The van der Waals surface area contributed by atoms with Crippen LogP contribution >= 0.6 is 0 Å². The Balaban J connectivity index is 2.01. The van der Waals surface area contributed by atoms with Crippen LogP contribution in [0, 0.1) is 0 Å². The average molecular weight is 299 g/mol. The highest BCUT2D eigenvalue weighted by atomic mass is 16.5. The first-order chi connectivity index (χ1) is 10.3. The predicted molar refractivity (Wildman–Crippen MR) is 86.6 cm³/mol. The number of pyridine rings is 1. The van der Waals surface area contributed by atoms with Crippen LogP contribution in [0.3, 0.4) is 0 Å². The Hall–Kier alpha value is -2.56. The van der Waals surface area contributed by atoms with Gasteiger partial charge in [0.05, 0.1) is 5.56 Å². The van der Waals surface area contributed by atoms with E-state index < -0.39 is 0 Å². The molecular formula is C17H21N3O2. The predicted octanol–water partition coefficient (Wildman–Crippen LogP) is 2.77. The van der Waals surface area contributed by atoms with Gasteiger partial charge in [-0.15, -0.1) is 0 Å². The molecule has 0 aliphatic rings. The zero-order valence-corrected chi connectivity index (χ0v) is 13.1. The Labute approximate surface area is 130 Å². The first kappa shape index (κ1) is 15.8. The molecule has 1 aromatic carbocycles. The van der Waals surface area contributed by atoms with Crippen LogP contribution in [-0.4, -0.2) is 16.5 Å². The average Bonchev–Trinajstić information content (AvgIpc) is 2.44. The molecule has 116 valence electrons. The molecule has 0 saturated heterocycles. The highest BCUT2D eigenvalue weighted by Gasteiger charge is 2.12. The normalized spacial score (nSPS) is 11.0. The highest BCUT2D eigenvalue weighted by Crippen LogP contribution is 2.19. The number of carbonyl (C=O) groups is 1. The van der Waals surface area contributed by atoms with Gasteiger partial charge in [-0.2, -0.15) is 0 Å². The smallest absolute Gasteiger partial charge is 0.255 e. The van der Waals surface area contributed by atoms with Crippen molar-refractivity contribution in [1.29, 1.82) is 0 Å². The number of anilines is 1. The molecule has 0 saturated carbocycles. The van der Waals surface area contributed by atoms with Crippen molar-refractivity contribution in [3.05, 3.63) is 53.7 Å². The fourth-order valence-corrected chi connectivity index (χ4v) is 1.96. The van der Waals surface area contributed by atoms with Crippen LogP contribution < -0.4 is 15.8 Å². The van der Waals surface area contributed by atoms with E-state index >= 15 is 0 Å². The summed E-state index contributed by atoms with van der Waals surface area (Å²) in [4.78, 5) is 16.0. The molecule has 0 radical (unpaired) electrons. The number of hydrogen-bond acceptors (Lipinski definition) is 4. The molecular weight excluding hydrogens is 278 g/mol. The molecule has 1 heterocycles. The van der Waals surface area contributed by atoms with Crippen molar-refractivity contribution in [2.24, 2.45) is 0 Å². The van der Waals surface area contributed by atoms with Crippen LogP contribution in [-0.2, 0) is 6.54 Å². The number of ether oxygens (including phenoxy) is 1. The van der Waals surface area contributed by atoms with Crippen molar-refractivity contribution >= 4 is 11.7 Å². The van der Waals surface area contributed by atoms with E-state index in [4.69, 9.17) is 10.5 Å². The molecule has 0 aliphatic carbocycles. The first-order valence-corrected chi connectivity index (χ1v) is 7.12. The summed E-state index contributed by atoms with van der Waals surface area (Å²) in [6, 6.07) is 11.0. The third-order valence-electron chi connectivity index (χ3n) is 2.86. The number of nitrogens with one attached hydrogen (secondary N) is 1.